The molecule has 2 aromatic rings. The Kier molecular flexibility index (Phi) is 4.83. The van der Waals surface area contributed by atoms with Crippen molar-refractivity contribution in [2.45, 2.75) is 37.8 Å². The molecule has 0 N–H and O–H groups in total. The van der Waals surface area contributed by atoms with Crippen LogP contribution < -0.4 is 0 Å². The van der Waals surface area contributed by atoms with Crippen molar-refractivity contribution in [2.75, 3.05) is 7.11 Å². The van der Waals surface area contributed by atoms with Gasteiger partial charge in [0.05, 0.1) is 23.7 Å². The fraction of sp³-hybridized carbons (Fsp3) is 0.381. The number of carbonyl (C=O) groups excluding carboxylic acids is 2. The van der Waals surface area contributed by atoms with E-state index in [2.05, 4.69) is 4.98 Å². The van der Waals surface area contributed by atoms with Crippen molar-refractivity contribution in [1.29, 1.82) is 0 Å². The minimum atomic E-state index is -0.692. The van der Waals surface area contributed by atoms with Gasteiger partial charge in [-0.2, -0.15) is 0 Å². The third kappa shape index (κ3) is 3.18. The van der Waals surface area contributed by atoms with Crippen LogP contribution in [-0.2, 0) is 20.7 Å². The van der Waals surface area contributed by atoms with Crippen LogP contribution in [0.1, 0.15) is 30.5 Å². The number of benzene rings is 1. The monoisotopic (exact) mass is 382 g/mol. The van der Waals surface area contributed by atoms with Gasteiger partial charge in [0, 0.05) is 30.0 Å². The fourth-order valence-electron chi connectivity index (χ4n) is 4.67. The second-order valence-corrected chi connectivity index (χ2v) is 7.96. The van der Waals surface area contributed by atoms with E-state index in [1.165, 1.54) is 18.4 Å². The average molecular weight is 382 g/mol. The molecule has 2 aliphatic rings. The van der Waals surface area contributed by atoms with Gasteiger partial charge in [-0.25, -0.2) is 4.98 Å². The Hall–Kier alpha value is -2.47. The van der Waals surface area contributed by atoms with Gasteiger partial charge in [-0.1, -0.05) is 30.3 Å². The summed E-state index contributed by atoms with van der Waals surface area (Å²) in [5, 5.41) is 1.97. The maximum atomic E-state index is 13.0. The Labute approximate surface area is 162 Å². The molecule has 2 aliphatic heterocycles. The fourth-order valence-corrected chi connectivity index (χ4v) is 5.22. The SMILES string of the molecule is COC(=O)[C@@]1(Cc2cscn2)C[C@H]2CC[C@@H]1N2C(=O)/C=C/c1ccccc1. The van der Waals surface area contributed by atoms with Gasteiger partial charge in [0.2, 0.25) is 5.91 Å². The van der Waals surface area contributed by atoms with Crippen LogP contribution >= 0.6 is 11.3 Å². The van der Waals surface area contributed by atoms with E-state index < -0.39 is 5.41 Å². The summed E-state index contributed by atoms with van der Waals surface area (Å²) in [6.45, 7) is 0. The minimum absolute atomic E-state index is 0.0320. The molecule has 27 heavy (non-hydrogen) atoms. The van der Waals surface area contributed by atoms with E-state index in [1.54, 1.807) is 11.6 Å². The number of methoxy groups -OCH3 is 1. The summed E-state index contributed by atoms with van der Waals surface area (Å²) in [6.07, 6.45) is 6.39. The Balaban J connectivity index is 1.59. The largest absolute Gasteiger partial charge is 0.469 e. The summed E-state index contributed by atoms with van der Waals surface area (Å²) >= 11 is 1.52. The molecular formula is C21H22N2O3S. The van der Waals surface area contributed by atoms with Gasteiger partial charge in [-0.15, -0.1) is 11.3 Å². The maximum Gasteiger partial charge on any atom is 0.314 e. The molecule has 2 bridgehead atoms. The van der Waals surface area contributed by atoms with Crippen molar-refractivity contribution < 1.29 is 14.3 Å². The lowest BCUT2D eigenvalue weighted by molar-refractivity contribution is -0.155. The van der Waals surface area contributed by atoms with Crippen molar-refractivity contribution in [3.63, 3.8) is 0 Å². The number of aromatic nitrogens is 1. The number of hydrogen-bond donors (Lipinski definition) is 0. The van der Waals surface area contributed by atoms with Crippen LogP contribution in [0.25, 0.3) is 6.08 Å². The number of hydrogen-bond acceptors (Lipinski definition) is 5. The Bertz CT molecular complexity index is 850. The highest BCUT2D eigenvalue weighted by Crippen LogP contribution is 2.52. The molecule has 0 spiro atoms. The zero-order valence-electron chi connectivity index (χ0n) is 15.2. The van der Waals surface area contributed by atoms with Crippen molar-refractivity contribution in [3.8, 4) is 0 Å². The van der Waals surface area contributed by atoms with Crippen LogP contribution in [0.2, 0.25) is 0 Å². The molecule has 1 aromatic carbocycles. The molecule has 2 fully saturated rings. The van der Waals surface area contributed by atoms with Crippen LogP contribution in [-0.4, -0.2) is 41.0 Å². The molecule has 2 saturated heterocycles. The second-order valence-electron chi connectivity index (χ2n) is 7.24. The number of esters is 1. The van der Waals surface area contributed by atoms with Crippen molar-refractivity contribution in [1.82, 2.24) is 9.88 Å². The molecule has 0 saturated carbocycles. The van der Waals surface area contributed by atoms with Gasteiger partial charge < -0.3 is 9.64 Å². The lowest BCUT2D eigenvalue weighted by Crippen LogP contribution is -2.46. The van der Waals surface area contributed by atoms with Crippen LogP contribution in [0.15, 0.2) is 47.3 Å². The Morgan fingerprint density at radius 3 is 2.85 bits per heavy atom. The first-order valence-corrected chi connectivity index (χ1v) is 10.1. The summed E-state index contributed by atoms with van der Waals surface area (Å²) in [7, 11) is 1.43. The number of ether oxygens (including phenoxy) is 1. The molecule has 6 heteroatoms. The molecule has 1 amide bonds. The van der Waals surface area contributed by atoms with Crippen molar-refractivity contribution >= 4 is 29.3 Å². The molecule has 1 aromatic heterocycles. The van der Waals surface area contributed by atoms with E-state index in [0.29, 0.717) is 12.8 Å². The number of rotatable bonds is 5. The topological polar surface area (TPSA) is 59.5 Å². The van der Waals surface area contributed by atoms with E-state index in [1.807, 2.05) is 46.7 Å². The van der Waals surface area contributed by atoms with E-state index >= 15 is 0 Å². The molecule has 0 radical (unpaired) electrons. The highest BCUT2D eigenvalue weighted by Gasteiger charge is 2.61. The first-order valence-electron chi connectivity index (χ1n) is 9.15. The average Bonchev–Trinajstić information content (AvgIpc) is 3.42. The highest BCUT2D eigenvalue weighted by atomic mass is 32.1. The summed E-state index contributed by atoms with van der Waals surface area (Å²) < 4.78 is 5.18. The molecule has 5 nitrogen and oxygen atoms in total. The van der Waals surface area contributed by atoms with Crippen LogP contribution in [0.3, 0.4) is 0 Å². The summed E-state index contributed by atoms with van der Waals surface area (Å²) in [6, 6.07) is 9.71. The Morgan fingerprint density at radius 1 is 1.33 bits per heavy atom. The van der Waals surface area contributed by atoms with Crippen molar-refractivity contribution in [2.24, 2.45) is 5.41 Å². The van der Waals surface area contributed by atoms with Gasteiger partial charge in [0.25, 0.3) is 0 Å². The van der Waals surface area contributed by atoms with Crippen LogP contribution in [0.5, 0.6) is 0 Å². The van der Waals surface area contributed by atoms with Gasteiger partial charge in [-0.3, -0.25) is 9.59 Å². The third-order valence-corrected chi connectivity index (χ3v) is 6.42. The molecule has 140 valence electrons. The quantitative estimate of drug-likeness (QED) is 0.588. The highest BCUT2D eigenvalue weighted by molar-refractivity contribution is 7.07. The maximum absolute atomic E-state index is 13.0. The molecular weight excluding hydrogens is 360 g/mol. The van der Waals surface area contributed by atoms with E-state index in [4.69, 9.17) is 4.74 Å². The second kappa shape index (κ2) is 7.27. The summed E-state index contributed by atoms with van der Waals surface area (Å²) in [5.41, 5.74) is 2.96. The smallest absolute Gasteiger partial charge is 0.314 e. The van der Waals surface area contributed by atoms with Crippen LogP contribution in [0.4, 0.5) is 0 Å². The standard InChI is InChI=1S/C21H22N2O3S/c1-26-20(25)21(11-16-13-27-14-22-16)12-17-8-9-18(21)23(17)19(24)10-7-15-5-3-2-4-6-15/h2-7,10,13-14,17-18H,8-9,11-12H2,1H3/b10-7+/t17-,18+,21+/m1/s1. The molecule has 0 aliphatic carbocycles. The van der Waals surface area contributed by atoms with E-state index in [0.717, 1.165) is 24.1 Å². The molecule has 0 unspecified atom stereocenters. The first-order chi connectivity index (χ1) is 13.1. The van der Waals surface area contributed by atoms with Crippen LogP contribution in [0, 0.1) is 5.41 Å². The first kappa shape index (κ1) is 17.9. The minimum Gasteiger partial charge on any atom is -0.469 e. The number of nitrogens with zero attached hydrogens (tertiary/aromatic N) is 2. The number of amides is 1. The summed E-state index contributed by atoms with van der Waals surface area (Å²) in [4.78, 5) is 32.0. The lowest BCUT2D eigenvalue weighted by Gasteiger charge is -2.34. The van der Waals surface area contributed by atoms with Gasteiger partial charge in [0.15, 0.2) is 0 Å². The van der Waals surface area contributed by atoms with E-state index in [9.17, 15) is 9.59 Å². The molecule has 3 heterocycles. The van der Waals surface area contributed by atoms with Gasteiger partial charge in [0.1, 0.15) is 0 Å². The lowest BCUT2D eigenvalue weighted by atomic mass is 9.71. The number of thiazole rings is 1. The normalized spacial score (nSPS) is 26.6. The zero-order chi connectivity index (χ0) is 18.9. The third-order valence-electron chi connectivity index (χ3n) is 5.78. The zero-order valence-corrected chi connectivity index (χ0v) is 16.0. The predicted molar refractivity (Wildman–Crippen MR) is 104 cm³/mol. The van der Waals surface area contributed by atoms with Gasteiger partial charge >= 0.3 is 5.97 Å². The molecule has 3 atom stereocenters. The number of carbonyl (C=O) groups is 2. The number of fused-ring (bicyclic) bond motifs is 2. The summed E-state index contributed by atoms with van der Waals surface area (Å²) in [5.74, 6) is -0.261. The molecule has 4 rings (SSSR count). The van der Waals surface area contributed by atoms with Gasteiger partial charge in [-0.05, 0) is 30.9 Å². The van der Waals surface area contributed by atoms with E-state index in [-0.39, 0.29) is 24.0 Å². The Morgan fingerprint density at radius 2 is 2.15 bits per heavy atom. The predicted octanol–water partition coefficient (Wildman–Crippen LogP) is 3.32. The van der Waals surface area contributed by atoms with Crippen molar-refractivity contribution in [3.05, 3.63) is 58.6 Å².